The molecule has 12 nitrogen and oxygen atoms in total. The molecular weight excluding hydrogens is 1020 g/mol. The van der Waals surface area contributed by atoms with E-state index in [2.05, 4.69) is 142 Å². The number of hydrogen-bond acceptors (Lipinski definition) is 11. The van der Waals surface area contributed by atoms with Gasteiger partial charge in [-0.1, -0.05) is 213 Å². The van der Waals surface area contributed by atoms with Gasteiger partial charge in [-0.25, -0.2) is 4.79 Å². The second-order valence-electron chi connectivity index (χ2n) is 20.9. The zero-order chi connectivity index (χ0) is 58.9. The summed E-state index contributed by atoms with van der Waals surface area (Å²) < 4.78 is 28.5. The predicted molar refractivity (Wildman–Crippen MR) is 330 cm³/mol. The summed E-state index contributed by atoms with van der Waals surface area (Å²) in [5, 5.41) is 31.6. The van der Waals surface area contributed by atoms with Crippen LogP contribution < -0.4 is 0 Å². The molecule has 1 aliphatic rings. The van der Waals surface area contributed by atoms with Crippen LogP contribution in [-0.2, 0) is 42.9 Å². The van der Waals surface area contributed by atoms with E-state index >= 15 is 0 Å². The summed E-state index contributed by atoms with van der Waals surface area (Å²) in [6.45, 7) is 5.70. The number of ether oxygens (including phenoxy) is 5. The molecular formula is C69H110O12. The van der Waals surface area contributed by atoms with Crippen LogP contribution in [0.3, 0.4) is 0 Å². The first-order valence-electron chi connectivity index (χ1n) is 31.5. The number of carboxylic acid groups (broad SMARTS) is 1. The molecule has 1 aliphatic heterocycles. The Morgan fingerprint density at radius 2 is 0.778 bits per heavy atom. The van der Waals surface area contributed by atoms with Crippen LogP contribution in [-0.4, -0.2) is 89.2 Å². The van der Waals surface area contributed by atoms with Crippen LogP contribution in [0.5, 0.6) is 0 Å². The minimum Gasteiger partial charge on any atom is -0.479 e. The molecule has 0 aliphatic carbocycles. The Bertz CT molecular complexity index is 1870. The largest absolute Gasteiger partial charge is 0.479 e. The highest BCUT2D eigenvalue weighted by Gasteiger charge is 2.50. The molecule has 0 amide bonds. The van der Waals surface area contributed by atoms with Crippen molar-refractivity contribution in [3.8, 4) is 0 Å². The van der Waals surface area contributed by atoms with E-state index in [0.29, 0.717) is 19.3 Å². The number of carboxylic acids is 1. The Balaban J connectivity index is 2.71. The van der Waals surface area contributed by atoms with Crippen molar-refractivity contribution in [1.82, 2.24) is 0 Å². The van der Waals surface area contributed by atoms with Gasteiger partial charge in [-0.2, -0.15) is 0 Å². The van der Waals surface area contributed by atoms with E-state index in [0.717, 1.165) is 161 Å². The third-order valence-electron chi connectivity index (χ3n) is 13.5. The molecule has 458 valence electrons. The van der Waals surface area contributed by atoms with Gasteiger partial charge in [0, 0.05) is 19.3 Å². The summed E-state index contributed by atoms with van der Waals surface area (Å²) in [7, 11) is 0. The summed E-state index contributed by atoms with van der Waals surface area (Å²) in [4.78, 5) is 51.3. The Kier molecular flexibility index (Phi) is 50.9. The molecule has 6 unspecified atom stereocenters. The number of aliphatic hydroxyl groups is 2. The van der Waals surface area contributed by atoms with Gasteiger partial charge >= 0.3 is 23.9 Å². The van der Waals surface area contributed by atoms with Gasteiger partial charge in [0.15, 0.2) is 24.6 Å². The number of rotatable bonds is 52. The molecule has 0 saturated carbocycles. The Hall–Kier alpha value is -4.88. The molecule has 81 heavy (non-hydrogen) atoms. The number of hydrogen-bond donors (Lipinski definition) is 3. The number of aliphatic hydroxyl groups excluding tert-OH is 2. The molecule has 0 aromatic heterocycles. The fourth-order valence-corrected chi connectivity index (χ4v) is 8.73. The molecule has 0 spiro atoms. The van der Waals surface area contributed by atoms with Crippen molar-refractivity contribution in [3.05, 3.63) is 122 Å². The van der Waals surface area contributed by atoms with Crippen LogP contribution in [0.15, 0.2) is 122 Å². The fraction of sp³-hybridized carbons (Fsp3) is 0.652. The molecule has 0 radical (unpaired) electrons. The van der Waals surface area contributed by atoms with Gasteiger partial charge < -0.3 is 39.0 Å². The lowest BCUT2D eigenvalue weighted by atomic mass is 9.98. The number of unbranched alkanes of at least 4 members (excludes halogenated alkanes) is 18. The average molecular weight is 1130 g/mol. The molecule has 0 bridgehead atoms. The zero-order valence-electron chi connectivity index (χ0n) is 50.5. The number of aliphatic carboxylic acids is 1. The van der Waals surface area contributed by atoms with Crippen molar-refractivity contribution in [1.29, 1.82) is 0 Å². The highest BCUT2D eigenvalue weighted by Crippen LogP contribution is 2.26. The molecule has 1 saturated heterocycles. The first kappa shape index (κ1) is 74.1. The molecule has 1 rings (SSSR count). The van der Waals surface area contributed by atoms with Crippen molar-refractivity contribution in [2.24, 2.45) is 0 Å². The van der Waals surface area contributed by atoms with Crippen molar-refractivity contribution >= 4 is 23.9 Å². The van der Waals surface area contributed by atoms with Gasteiger partial charge in [0.25, 0.3) is 0 Å². The van der Waals surface area contributed by atoms with Gasteiger partial charge in [0.05, 0.1) is 6.61 Å². The minimum atomic E-state index is -1.92. The first-order chi connectivity index (χ1) is 39.6. The fourth-order valence-electron chi connectivity index (χ4n) is 8.73. The molecule has 0 aromatic carbocycles. The van der Waals surface area contributed by atoms with Gasteiger partial charge in [0.1, 0.15) is 18.8 Å². The SMILES string of the molecule is CC/C=C\C/C=C\C/C=C\C/C=C\CCCCCCC(=O)OCC(COC1OC(C(=O)O)C(O)C(O)C1OC(=O)CCCCCCCC/C=C\C/C=C\C/C=C\CCCCC)OC(=O)CCCCCCC/C=C\C/C=C\C/C=C\CC. The van der Waals surface area contributed by atoms with Crippen molar-refractivity contribution in [2.75, 3.05) is 13.2 Å². The van der Waals surface area contributed by atoms with E-state index in [-0.39, 0.29) is 25.9 Å². The summed E-state index contributed by atoms with van der Waals surface area (Å²) in [6, 6.07) is 0. The maximum atomic E-state index is 13.2. The highest BCUT2D eigenvalue weighted by atomic mass is 16.7. The van der Waals surface area contributed by atoms with Gasteiger partial charge in [-0.05, 0) is 128 Å². The maximum absolute atomic E-state index is 13.2. The number of esters is 3. The topological polar surface area (TPSA) is 175 Å². The monoisotopic (exact) mass is 1130 g/mol. The van der Waals surface area contributed by atoms with Gasteiger partial charge in [0.2, 0.25) is 0 Å². The summed E-state index contributed by atoms with van der Waals surface area (Å²) in [5.41, 5.74) is 0. The normalized spacial score (nSPS) is 18.6. The number of allylic oxidation sites excluding steroid dienone is 20. The standard InChI is InChI=1S/C69H110O12/c1-4-7-10-13-16-19-22-25-28-30-31-33-36-39-42-45-48-51-54-57-63(72)80-67-65(74)64(73)66(68(75)76)81-69(67)78-59-60(79-62(71)56-53-50-47-44-41-38-34-27-24-21-18-15-12-9-6-3)58-77-61(70)55-52-49-46-43-40-37-35-32-29-26-23-20-17-14-11-8-5-2/h8-9,11-12,16-21,25-29,31,33-35,37,60,64-67,69,73-74H,4-7,10,13-15,22-24,30,32,36,38-59H2,1-3H3,(H,75,76)/b11-8-,12-9-,19-16-,20-17-,21-18-,28-25-,29-26-,33-31-,34-27-,37-35-. The molecule has 1 fully saturated rings. The zero-order valence-corrected chi connectivity index (χ0v) is 50.5. The summed E-state index contributed by atoms with van der Waals surface area (Å²) in [5.74, 6) is -3.20. The summed E-state index contributed by atoms with van der Waals surface area (Å²) in [6.07, 6.45) is 64.3. The molecule has 0 aromatic rings. The lowest BCUT2D eigenvalue weighted by molar-refractivity contribution is -0.301. The lowest BCUT2D eigenvalue weighted by Gasteiger charge is -2.40. The quantitative estimate of drug-likeness (QED) is 0.0228. The van der Waals surface area contributed by atoms with Gasteiger partial charge in [-0.3, -0.25) is 14.4 Å². The molecule has 3 N–H and O–H groups in total. The second-order valence-corrected chi connectivity index (χ2v) is 20.9. The maximum Gasteiger partial charge on any atom is 0.335 e. The third kappa shape index (κ3) is 45.3. The van der Waals surface area contributed by atoms with Crippen molar-refractivity contribution < 1.29 is 58.2 Å². The lowest BCUT2D eigenvalue weighted by Crippen LogP contribution is -2.61. The van der Waals surface area contributed by atoms with Crippen LogP contribution in [0.1, 0.15) is 239 Å². The van der Waals surface area contributed by atoms with Crippen LogP contribution in [0, 0.1) is 0 Å². The molecule has 6 atom stereocenters. The average Bonchev–Trinajstić information content (AvgIpc) is 3.53. The molecule has 1 heterocycles. The predicted octanol–water partition coefficient (Wildman–Crippen LogP) is 16.8. The van der Waals surface area contributed by atoms with Crippen LogP contribution in [0.25, 0.3) is 0 Å². The Morgan fingerprint density at radius 3 is 1.19 bits per heavy atom. The van der Waals surface area contributed by atoms with Crippen LogP contribution in [0.4, 0.5) is 0 Å². The highest BCUT2D eigenvalue weighted by molar-refractivity contribution is 5.74. The summed E-state index contributed by atoms with van der Waals surface area (Å²) >= 11 is 0. The third-order valence-corrected chi connectivity index (χ3v) is 13.5. The number of carbonyl (C=O) groups excluding carboxylic acids is 3. The smallest absolute Gasteiger partial charge is 0.335 e. The van der Waals surface area contributed by atoms with E-state index in [1.54, 1.807) is 0 Å². The van der Waals surface area contributed by atoms with Crippen molar-refractivity contribution in [3.63, 3.8) is 0 Å². The van der Waals surface area contributed by atoms with Crippen LogP contribution in [0.2, 0.25) is 0 Å². The van der Waals surface area contributed by atoms with E-state index < -0.39 is 67.3 Å². The van der Waals surface area contributed by atoms with Crippen molar-refractivity contribution in [2.45, 2.75) is 276 Å². The van der Waals surface area contributed by atoms with E-state index in [9.17, 15) is 34.5 Å². The number of carbonyl (C=O) groups is 4. The second kappa shape index (κ2) is 55.6. The van der Waals surface area contributed by atoms with E-state index in [1.807, 2.05) is 0 Å². The minimum absolute atomic E-state index is 0.0350. The molecule has 12 heteroatoms. The Labute approximate surface area is 490 Å². The van der Waals surface area contributed by atoms with Gasteiger partial charge in [-0.15, -0.1) is 0 Å². The van der Waals surface area contributed by atoms with E-state index in [1.165, 1.54) is 19.3 Å². The van der Waals surface area contributed by atoms with E-state index in [4.69, 9.17) is 23.7 Å². The van der Waals surface area contributed by atoms with Crippen LogP contribution >= 0.6 is 0 Å². The first-order valence-corrected chi connectivity index (χ1v) is 31.5. The Morgan fingerprint density at radius 1 is 0.420 bits per heavy atom.